The largest absolute Gasteiger partial charge is 0.309 e. The second-order valence-corrected chi connectivity index (χ2v) is 17.1. The third-order valence-corrected chi connectivity index (χ3v) is 13.7. The third kappa shape index (κ3) is 5.08. The van der Waals surface area contributed by atoms with E-state index in [1.807, 2.05) is 24.5 Å². The number of nitrogens with zero attached hydrogens (tertiary/aromatic N) is 6. The maximum Gasteiger partial charge on any atom is 0.0991 e. The molecule has 0 saturated heterocycles. The summed E-state index contributed by atoms with van der Waals surface area (Å²) in [5.74, 6) is 0. The van der Waals surface area contributed by atoms with Gasteiger partial charge in [-0.15, -0.1) is 0 Å². The first-order valence-corrected chi connectivity index (χ1v) is 22.3. The molecule has 306 valence electrons. The first-order chi connectivity index (χ1) is 32.7. The van der Waals surface area contributed by atoms with E-state index < -0.39 is 0 Å². The van der Waals surface area contributed by atoms with Crippen LogP contribution in [0, 0.1) is 11.3 Å². The van der Waals surface area contributed by atoms with Gasteiger partial charge in [0.25, 0.3) is 0 Å². The predicted molar refractivity (Wildman–Crippen MR) is 272 cm³/mol. The van der Waals surface area contributed by atoms with Crippen LogP contribution in [0.2, 0.25) is 0 Å². The molecule has 0 aliphatic rings. The summed E-state index contributed by atoms with van der Waals surface area (Å²) in [6.45, 7) is 0. The van der Waals surface area contributed by atoms with Crippen LogP contribution in [-0.4, -0.2) is 23.3 Å². The molecule has 0 N–H and O–H groups in total. The Kier molecular flexibility index (Phi) is 7.65. The van der Waals surface area contributed by atoms with Crippen LogP contribution in [0.1, 0.15) is 5.56 Å². The van der Waals surface area contributed by atoms with Crippen molar-refractivity contribution in [3.63, 3.8) is 0 Å². The molecule has 0 fully saturated rings. The lowest BCUT2D eigenvalue weighted by atomic mass is 10.0. The fourth-order valence-corrected chi connectivity index (χ4v) is 10.9. The van der Waals surface area contributed by atoms with Gasteiger partial charge in [-0.25, -0.2) is 0 Å². The van der Waals surface area contributed by atoms with Crippen LogP contribution in [0.3, 0.4) is 0 Å². The van der Waals surface area contributed by atoms with Gasteiger partial charge in [0.05, 0.1) is 79.5 Å². The minimum atomic E-state index is 0.608. The van der Waals surface area contributed by atoms with Crippen LogP contribution in [-0.2, 0) is 0 Å². The maximum atomic E-state index is 9.98. The smallest absolute Gasteiger partial charge is 0.0991 e. The number of aromatic nitrogens is 5. The summed E-state index contributed by atoms with van der Waals surface area (Å²) < 4.78 is 9.55. The molecule has 66 heavy (non-hydrogen) atoms. The van der Waals surface area contributed by atoms with Crippen molar-refractivity contribution in [1.82, 2.24) is 23.3 Å². The van der Waals surface area contributed by atoms with Crippen LogP contribution in [0.25, 0.3) is 121 Å². The van der Waals surface area contributed by atoms with Gasteiger partial charge in [-0.05, 0) is 78.4 Å². The van der Waals surface area contributed by atoms with Crippen molar-refractivity contribution in [2.24, 2.45) is 0 Å². The number of fused-ring (bicyclic) bond motifs is 12. The first kappa shape index (κ1) is 36.3. The molecule has 5 aromatic heterocycles. The molecule has 0 amide bonds. The summed E-state index contributed by atoms with van der Waals surface area (Å²) in [6, 6.07) is 76.1. The minimum Gasteiger partial charge on any atom is -0.309 e. The summed E-state index contributed by atoms with van der Waals surface area (Å²) in [5.41, 5.74) is 15.6. The highest BCUT2D eigenvalue weighted by Gasteiger charge is 2.24. The Morgan fingerprint density at radius 1 is 0.318 bits per heavy atom. The quantitative estimate of drug-likeness (QED) is 0.173. The minimum absolute atomic E-state index is 0.608. The molecule has 0 aliphatic heterocycles. The number of hydrogen-bond donors (Lipinski definition) is 0. The molecule has 14 rings (SSSR count). The van der Waals surface area contributed by atoms with Gasteiger partial charge in [-0.2, -0.15) is 5.26 Å². The highest BCUT2D eigenvalue weighted by Crippen LogP contribution is 2.44. The van der Waals surface area contributed by atoms with Crippen molar-refractivity contribution in [1.29, 1.82) is 5.26 Å². The second-order valence-electron chi connectivity index (χ2n) is 17.1. The zero-order chi connectivity index (χ0) is 43.5. The number of hydrogen-bond acceptors (Lipinski definition) is 2. The summed E-state index contributed by atoms with van der Waals surface area (Å²) in [4.78, 5) is 5.15. The monoisotopic (exact) mass is 840 g/mol. The molecule has 5 heterocycles. The summed E-state index contributed by atoms with van der Waals surface area (Å²) in [7, 11) is 0. The Labute approximate surface area is 378 Å². The van der Waals surface area contributed by atoms with Crippen molar-refractivity contribution < 1.29 is 0 Å². The molecule has 0 spiro atoms. The molecule has 0 saturated carbocycles. The van der Waals surface area contributed by atoms with Crippen molar-refractivity contribution in [2.45, 2.75) is 0 Å². The van der Waals surface area contributed by atoms with Crippen LogP contribution in [0.15, 0.2) is 219 Å². The number of rotatable bonds is 5. The fourth-order valence-electron chi connectivity index (χ4n) is 10.9. The van der Waals surface area contributed by atoms with Crippen LogP contribution in [0.4, 0.5) is 0 Å². The molecule has 6 heteroatoms. The topological polar surface area (TPSA) is 56.4 Å². The van der Waals surface area contributed by atoms with E-state index in [9.17, 15) is 5.26 Å². The average molecular weight is 841 g/mol. The van der Waals surface area contributed by atoms with Crippen molar-refractivity contribution in [2.75, 3.05) is 0 Å². The average Bonchev–Trinajstić information content (AvgIpc) is 4.11. The zero-order valence-electron chi connectivity index (χ0n) is 35.5. The summed E-state index contributed by atoms with van der Waals surface area (Å²) in [6.07, 6.45) is 4.01. The Hall–Kier alpha value is -9.18. The molecule has 0 atom stereocenters. The second kappa shape index (κ2) is 13.9. The van der Waals surface area contributed by atoms with E-state index in [1.165, 1.54) is 21.5 Å². The molecule has 0 unspecified atom stereocenters. The van der Waals surface area contributed by atoms with Crippen LogP contribution >= 0.6 is 0 Å². The molecule has 6 nitrogen and oxygen atoms in total. The maximum absolute atomic E-state index is 9.98. The number of para-hydroxylation sites is 6. The van der Waals surface area contributed by atoms with Crippen LogP contribution in [0.5, 0.6) is 0 Å². The zero-order valence-corrected chi connectivity index (χ0v) is 35.5. The Morgan fingerprint density at radius 3 is 0.985 bits per heavy atom. The molecule has 9 aromatic carbocycles. The standard InChI is InChI=1S/C60H36N6/c61-35-38-25-27-39(28-26-38)60-58(65-54-23-11-5-17-46(54)48-31-29-40(33-56(48)65)63-50-19-7-1-13-42(50)43-14-2-8-20-51(43)63)36-62-37-59(60)66-55-24-12-6-18-47(55)49-32-30-41(34-57(49)66)64-52-21-9-3-15-44(52)45-16-4-10-22-53(45)64/h1-34,36-37H. The lowest BCUT2D eigenvalue weighted by molar-refractivity contribution is 1.09. The fraction of sp³-hybridized carbons (Fsp3) is 0. The molecule has 0 bridgehead atoms. The van der Waals surface area contributed by atoms with Gasteiger partial charge in [0, 0.05) is 60.0 Å². The van der Waals surface area contributed by atoms with Crippen LogP contribution < -0.4 is 0 Å². The summed E-state index contributed by atoms with van der Waals surface area (Å²) >= 11 is 0. The highest BCUT2D eigenvalue weighted by atomic mass is 15.1. The van der Waals surface area contributed by atoms with Gasteiger partial charge in [0.15, 0.2) is 0 Å². The van der Waals surface area contributed by atoms with E-state index in [4.69, 9.17) is 4.98 Å². The van der Waals surface area contributed by atoms with Gasteiger partial charge in [0.1, 0.15) is 0 Å². The normalized spacial score (nSPS) is 11.9. The van der Waals surface area contributed by atoms with Gasteiger partial charge in [-0.1, -0.05) is 133 Å². The van der Waals surface area contributed by atoms with Gasteiger partial charge >= 0.3 is 0 Å². The van der Waals surface area contributed by atoms with Crippen molar-refractivity contribution in [3.05, 3.63) is 224 Å². The molecule has 14 aromatic rings. The lowest BCUT2D eigenvalue weighted by Gasteiger charge is -2.20. The molecular formula is C60H36N6. The molecule has 0 radical (unpaired) electrons. The molecule has 0 aliphatic carbocycles. The third-order valence-electron chi connectivity index (χ3n) is 13.7. The number of nitriles is 1. The Bertz CT molecular complexity index is 4000. The van der Waals surface area contributed by atoms with Gasteiger partial charge in [0.2, 0.25) is 0 Å². The number of benzene rings is 9. The number of pyridine rings is 1. The SMILES string of the molecule is N#Cc1ccc(-c2c(-n3c4ccccc4c4ccc(-n5c6ccccc6c6ccccc65)cc43)cncc2-n2c3ccccc3c3ccc(-n4c5ccccc5c5ccccc54)cc32)cc1. The lowest BCUT2D eigenvalue weighted by Crippen LogP contribution is -2.05. The van der Waals surface area contributed by atoms with E-state index in [-0.39, 0.29) is 0 Å². The van der Waals surface area contributed by atoms with Crippen molar-refractivity contribution in [3.8, 4) is 39.9 Å². The van der Waals surface area contributed by atoms with Crippen molar-refractivity contribution >= 4 is 87.2 Å². The van der Waals surface area contributed by atoms with E-state index in [0.29, 0.717) is 5.56 Å². The Balaban J connectivity index is 1.09. The highest BCUT2D eigenvalue weighted by molar-refractivity contribution is 6.14. The Morgan fingerprint density at radius 2 is 0.636 bits per heavy atom. The van der Waals surface area contributed by atoms with E-state index >= 15 is 0 Å². The van der Waals surface area contributed by atoms with Gasteiger partial charge in [-0.3, -0.25) is 4.98 Å². The molecular weight excluding hydrogens is 805 g/mol. The van der Waals surface area contributed by atoms with E-state index in [1.54, 1.807) is 0 Å². The van der Waals surface area contributed by atoms with E-state index in [2.05, 4.69) is 218 Å². The summed E-state index contributed by atoms with van der Waals surface area (Å²) in [5, 5.41) is 19.5. The predicted octanol–water partition coefficient (Wildman–Crippen LogP) is 15.0. The first-order valence-electron chi connectivity index (χ1n) is 22.3. The van der Waals surface area contributed by atoms with Gasteiger partial charge < -0.3 is 18.3 Å². The van der Waals surface area contributed by atoms with E-state index in [0.717, 1.165) is 99.6 Å².